The number of anilines is 2. The van der Waals surface area contributed by atoms with Crippen LogP contribution in [0.2, 0.25) is 0 Å². The normalized spacial score (nSPS) is 10.9. The lowest BCUT2D eigenvalue weighted by molar-refractivity contribution is 0.0977. The molecule has 3 aromatic rings. The fraction of sp³-hybridized carbons (Fsp3) is 0.143. The van der Waals surface area contributed by atoms with Gasteiger partial charge in [0.25, 0.3) is 15.9 Å². The zero-order valence-corrected chi connectivity index (χ0v) is 20.1. The standard InChI is InChI=1S/C21H22BN5O4S2/c1-12-10-13(2)24-20(23-12)27-33(29,30)16-7-5-15(6-8-16)25-21(32)26-19(28)14-4-9-18(31-3)17(22)11-14/h4-11H,22H2,1-3H3,(H,23,24,27)(H2,25,26,28,32). The van der Waals surface area contributed by atoms with E-state index in [9.17, 15) is 13.2 Å². The van der Waals surface area contributed by atoms with Gasteiger partial charge in [-0.3, -0.25) is 10.1 Å². The Labute approximate surface area is 198 Å². The highest BCUT2D eigenvalue weighted by Crippen LogP contribution is 2.17. The number of thiocarbonyl (C=S) groups is 1. The van der Waals surface area contributed by atoms with Crippen molar-refractivity contribution in [3.63, 3.8) is 0 Å². The largest absolute Gasteiger partial charge is 0.497 e. The topological polar surface area (TPSA) is 122 Å². The number of carbonyl (C=O) groups is 1. The summed E-state index contributed by atoms with van der Waals surface area (Å²) < 4.78 is 32.8. The van der Waals surface area contributed by atoms with Crippen LogP contribution in [0.1, 0.15) is 21.7 Å². The van der Waals surface area contributed by atoms with Gasteiger partial charge in [-0.1, -0.05) is 6.07 Å². The number of methoxy groups -OCH3 is 1. The van der Waals surface area contributed by atoms with Crippen molar-refractivity contribution in [1.29, 1.82) is 0 Å². The Bertz CT molecular complexity index is 1290. The van der Waals surface area contributed by atoms with E-state index in [-0.39, 0.29) is 21.9 Å². The number of sulfonamides is 1. The summed E-state index contributed by atoms with van der Waals surface area (Å²) in [4.78, 5) is 20.6. The van der Waals surface area contributed by atoms with Crippen LogP contribution in [0.4, 0.5) is 11.6 Å². The summed E-state index contributed by atoms with van der Waals surface area (Å²) in [7, 11) is -0.476. The molecule has 1 aromatic heterocycles. The summed E-state index contributed by atoms with van der Waals surface area (Å²) in [5, 5.41) is 5.52. The SMILES string of the molecule is Bc1cc(C(=O)NC(=S)Nc2ccc(S(=O)(=O)Nc3nc(C)cc(C)n3)cc2)ccc1OC. The molecule has 0 saturated heterocycles. The number of rotatable bonds is 6. The summed E-state index contributed by atoms with van der Waals surface area (Å²) >= 11 is 5.20. The quantitative estimate of drug-likeness (QED) is 0.354. The van der Waals surface area contributed by atoms with E-state index >= 15 is 0 Å². The van der Waals surface area contributed by atoms with Gasteiger partial charge in [-0.25, -0.2) is 23.1 Å². The van der Waals surface area contributed by atoms with Crippen molar-refractivity contribution in [2.24, 2.45) is 0 Å². The van der Waals surface area contributed by atoms with Gasteiger partial charge < -0.3 is 10.1 Å². The molecular formula is C21H22BN5O4S2. The minimum Gasteiger partial charge on any atom is -0.497 e. The van der Waals surface area contributed by atoms with Gasteiger partial charge in [0, 0.05) is 22.6 Å². The molecule has 1 heterocycles. The fourth-order valence-electron chi connectivity index (χ4n) is 3.03. The van der Waals surface area contributed by atoms with Crippen molar-refractivity contribution in [2.75, 3.05) is 17.1 Å². The average Bonchev–Trinajstić information content (AvgIpc) is 2.72. The smallest absolute Gasteiger partial charge is 0.264 e. The van der Waals surface area contributed by atoms with Crippen LogP contribution in [-0.4, -0.2) is 44.4 Å². The molecule has 0 unspecified atom stereocenters. The van der Waals surface area contributed by atoms with E-state index in [2.05, 4.69) is 25.3 Å². The number of aryl methyl sites for hydroxylation is 2. The third kappa shape index (κ3) is 6.27. The minimum absolute atomic E-state index is 0.00682. The third-order valence-electron chi connectivity index (χ3n) is 4.51. The van der Waals surface area contributed by atoms with Crippen molar-refractivity contribution < 1.29 is 17.9 Å². The highest BCUT2D eigenvalue weighted by atomic mass is 32.2. The second kappa shape index (κ2) is 9.96. The third-order valence-corrected chi connectivity index (χ3v) is 6.06. The predicted octanol–water partition coefficient (Wildman–Crippen LogP) is 1.29. The lowest BCUT2D eigenvalue weighted by atomic mass is 9.93. The number of amides is 1. The van der Waals surface area contributed by atoms with Gasteiger partial charge in [0.1, 0.15) is 13.6 Å². The summed E-state index contributed by atoms with van der Waals surface area (Å²) in [5.41, 5.74) is 3.06. The van der Waals surface area contributed by atoms with Crippen LogP contribution in [0.3, 0.4) is 0 Å². The van der Waals surface area contributed by atoms with Crippen LogP contribution in [-0.2, 0) is 10.0 Å². The van der Waals surface area contributed by atoms with Crippen LogP contribution in [0.15, 0.2) is 53.4 Å². The number of carbonyl (C=O) groups excluding carboxylic acids is 1. The molecule has 3 rings (SSSR count). The van der Waals surface area contributed by atoms with Gasteiger partial charge in [-0.2, -0.15) is 0 Å². The number of hydrogen-bond donors (Lipinski definition) is 3. The number of benzene rings is 2. The van der Waals surface area contributed by atoms with E-state index in [0.717, 1.165) is 5.46 Å². The Morgan fingerprint density at radius 2 is 1.67 bits per heavy atom. The molecule has 9 nitrogen and oxygen atoms in total. The van der Waals surface area contributed by atoms with E-state index in [0.29, 0.717) is 28.4 Å². The molecule has 0 saturated carbocycles. The Hall–Kier alpha value is -3.51. The molecule has 0 atom stereocenters. The first kappa shape index (κ1) is 24.1. The molecule has 0 radical (unpaired) electrons. The van der Waals surface area contributed by atoms with Crippen molar-refractivity contribution in [2.45, 2.75) is 18.7 Å². The van der Waals surface area contributed by atoms with Crippen LogP contribution >= 0.6 is 12.2 Å². The molecule has 2 aromatic carbocycles. The molecule has 0 bridgehead atoms. The maximum Gasteiger partial charge on any atom is 0.264 e. The second-order valence-electron chi connectivity index (χ2n) is 7.20. The molecule has 0 aliphatic heterocycles. The summed E-state index contributed by atoms with van der Waals surface area (Å²) in [6.07, 6.45) is 0. The molecule has 0 aliphatic rings. The number of hydrogen-bond acceptors (Lipinski definition) is 7. The van der Waals surface area contributed by atoms with Crippen LogP contribution < -0.4 is 25.6 Å². The Morgan fingerprint density at radius 1 is 1.03 bits per heavy atom. The average molecular weight is 483 g/mol. The summed E-state index contributed by atoms with van der Waals surface area (Å²) in [5.74, 6) is 0.309. The number of aromatic nitrogens is 2. The van der Waals surface area contributed by atoms with Crippen LogP contribution in [0, 0.1) is 13.8 Å². The van der Waals surface area contributed by atoms with Crippen molar-refractivity contribution in [3.05, 3.63) is 65.5 Å². The predicted molar refractivity (Wildman–Crippen MR) is 134 cm³/mol. The van der Waals surface area contributed by atoms with E-state index in [1.165, 1.54) is 24.3 Å². The van der Waals surface area contributed by atoms with Crippen LogP contribution in [0.25, 0.3) is 0 Å². The lowest BCUT2D eigenvalue weighted by Crippen LogP contribution is -2.34. The Morgan fingerprint density at radius 3 is 2.24 bits per heavy atom. The molecule has 0 fully saturated rings. The van der Waals surface area contributed by atoms with E-state index in [1.807, 2.05) is 7.85 Å². The maximum atomic E-state index is 12.6. The first-order valence-corrected chi connectivity index (χ1v) is 11.7. The van der Waals surface area contributed by atoms with Gasteiger partial charge in [-0.15, -0.1) is 0 Å². The zero-order valence-electron chi connectivity index (χ0n) is 18.5. The lowest BCUT2D eigenvalue weighted by Gasteiger charge is -2.12. The van der Waals surface area contributed by atoms with Gasteiger partial charge in [-0.05, 0) is 74.0 Å². The van der Waals surface area contributed by atoms with Gasteiger partial charge in [0.2, 0.25) is 5.95 Å². The maximum absolute atomic E-state index is 12.6. The minimum atomic E-state index is -3.87. The van der Waals surface area contributed by atoms with Gasteiger partial charge in [0.05, 0.1) is 12.0 Å². The number of nitrogens with zero attached hydrogens (tertiary/aromatic N) is 2. The summed E-state index contributed by atoms with van der Waals surface area (Å²) in [6, 6.07) is 12.7. The van der Waals surface area contributed by atoms with Crippen LogP contribution in [0.5, 0.6) is 5.75 Å². The zero-order chi connectivity index (χ0) is 24.2. The Balaban J connectivity index is 1.64. The molecule has 33 heavy (non-hydrogen) atoms. The van der Waals surface area contributed by atoms with Crippen molar-refractivity contribution >= 4 is 58.2 Å². The monoisotopic (exact) mass is 483 g/mol. The number of nitrogens with one attached hydrogen (secondary N) is 3. The first-order chi connectivity index (χ1) is 15.6. The van der Waals surface area contributed by atoms with Crippen molar-refractivity contribution in [1.82, 2.24) is 15.3 Å². The molecule has 3 N–H and O–H groups in total. The molecule has 0 spiro atoms. The summed E-state index contributed by atoms with van der Waals surface area (Å²) in [6.45, 7) is 3.51. The van der Waals surface area contributed by atoms with E-state index in [4.69, 9.17) is 17.0 Å². The second-order valence-corrected chi connectivity index (χ2v) is 9.29. The molecule has 0 aliphatic carbocycles. The van der Waals surface area contributed by atoms with Gasteiger partial charge >= 0.3 is 0 Å². The molecule has 170 valence electrons. The Kier molecular flexibility index (Phi) is 7.29. The van der Waals surface area contributed by atoms with E-state index < -0.39 is 10.0 Å². The molecule has 1 amide bonds. The number of ether oxygens (including phenoxy) is 1. The van der Waals surface area contributed by atoms with E-state index in [1.54, 1.807) is 45.2 Å². The highest BCUT2D eigenvalue weighted by molar-refractivity contribution is 7.92. The molecule has 12 heteroatoms. The molecular weight excluding hydrogens is 461 g/mol. The highest BCUT2D eigenvalue weighted by Gasteiger charge is 2.16. The first-order valence-electron chi connectivity index (χ1n) is 9.79. The van der Waals surface area contributed by atoms with Crippen molar-refractivity contribution in [3.8, 4) is 5.75 Å². The fourth-order valence-corrected chi connectivity index (χ4v) is 4.18. The van der Waals surface area contributed by atoms with Gasteiger partial charge in [0.15, 0.2) is 5.11 Å².